The molecule has 1 rings (SSSR count). The molecule has 0 unspecified atom stereocenters. The summed E-state index contributed by atoms with van der Waals surface area (Å²) in [6.45, 7) is -0.959. The Kier molecular flexibility index (Phi) is 5.11. The van der Waals surface area contributed by atoms with E-state index in [1.165, 1.54) is 18.2 Å². The molecule has 0 fully saturated rings. The van der Waals surface area contributed by atoms with Crippen molar-refractivity contribution in [3.63, 3.8) is 0 Å². The molecule has 0 heterocycles. The second kappa shape index (κ2) is 6.59. The summed E-state index contributed by atoms with van der Waals surface area (Å²) >= 11 is 5.70. The lowest BCUT2D eigenvalue weighted by Crippen LogP contribution is -2.21. The molecule has 1 amide bonds. The lowest BCUT2D eigenvalue weighted by Gasteiger charge is -2.07. The largest absolute Gasteiger partial charge is 0.480 e. The van der Waals surface area contributed by atoms with Crippen molar-refractivity contribution in [1.82, 2.24) is 0 Å². The number of carbonyl (C=O) groups excluding carboxylic acids is 1. The fourth-order valence-electron chi connectivity index (χ4n) is 1.14. The van der Waals surface area contributed by atoms with Crippen LogP contribution in [0.4, 0.5) is 5.69 Å². The number of anilines is 1. The summed E-state index contributed by atoms with van der Waals surface area (Å²) in [4.78, 5) is 21.5. The Balaban J connectivity index is 2.59. The first kappa shape index (κ1) is 14.0. The van der Waals surface area contributed by atoms with Gasteiger partial charge in [0.1, 0.15) is 19.3 Å². The highest BCUT2D eigenvalue weighted by molar-refractivity contribution is 6.30. The average Bonchev–Trinajstić information content (AvgIpc) is 2.31. The number of halogens is 1. The second-order valence-electron chi connectivity index (χ2n) is 3.24. The van der Waals surface area contributed by atoms with Crippen molar-refractivity contribution in [2.75, 3.05) is 18.5 Å². The van der Waals surface area contributed by atoms with Gasteiger partial charge in [0.2, 0.25) is 5.91 Å². The zero-order valence-electron chi connectivity index (χ0n) is 9.14. The zero-order valence-corrected chi connectivity index (χ0v) is 9.90. The fraction of sp³-hybridized carbons (Fsp3) is 0.182. The quantitative estimate of drug-likeness (QED) is 0.837. The van der Waals surface area contributed by atoms with E-state index in [1.54, 1.807) is 0 Å². The Morgan fingerprint density at radius 3 is 2.78 bits per heavy atom. The van der Waals surface area contributed by atoms with E-state index in [-0.39, 0.29) is 5.56 Å². The van der Waals surface area contributed by atoms with Gasteiger partial charge in [0.05, 0.1) is 11.3 Å². The van der Waals surface area contributed by atoms with Crippen LogP contribution in [0, 0.1) is 11.3 Å². The van der Waals surface area contributed by atoms with Gasteiger partial charge in [-0.3, -0.25) is 4.79 Å². The Hall–Kier alpha value is -2.10. The predicted molar refractivity (Wildman–Crippen MR) is 63.3 cm³/mol. The van der Waals surface area contributed by atoms with Gasteiger partial charge in [-0.15, -0.1) is 0 Å². The first-order valence-corrected chi connectivity index (χ1v) is 5.19. The molecule has 0 bridgehead atoms. The van der Waals surface area contributed by atoms with Crippen LogP contribution in [0.15, 0.2) is 18.2 Å². The molecule has 18 heavy (non-hydrogen) atoms. The van der Waals surface area contributed by atoms with Gasteiger partial charge >= 0.3 is 5.97 Å². The van der Waals surface area contributed by atoms with Gasteiger partial charge in [0.15, 0.2) is 0 Å². The van der Waals surface area contributed by atoms with Crippen molar-refractivity contribution >= 4 is 29.2 Å². The van der Waals surface area contributed by atoms with E-state index >= 15 is 0 Å². The standard InChI is InChI=1S/C11H9ClN2O4/c12-8-1-2-9(7(3-8)4-13)14-10(15)5-18-6-11(16)17/h1-3H,5-6H2,(H,14,15)(H,16,17). The average molecular weight is 269 g/mol. The summed E-state index contributed by atoms with van der Waals surface area (Å²) in [5.74, 6) is -1.71. The molecule has 0 aromatic heterocycles. The number of hydrogen-bond acceptors (Lipinski definition) is 4. The maximum absolute atomic E-state index is 11.4. The molecule has 94 valence electrons. The van der Waals surface area contributed by atoms with E-state index in [0.717, 1.165) is 0 Å². The molecule has 0 saturated heterocycles. The Morgan fingerprint density at radius 2 is 2.17 bits per heavy atom. The summed E-state index contributed by atoms with van der Waals surface area (Å²) in [7, 11) is 0. The van der Waals surface area contributed by atoms with Crippen LogP contribution in [-0.4, -0.2) is 30.2 Å². The molecular weight excluding hydrogens is 260 g/mol. The van der Waals surface area contributed by atoms with Crippen molar-refractivity contribution in [2.24, 2.45) is 0 Å². The summed E-state index contributed by atoms with van der Waals surface area (Å²) in [5, 5.41) is 20.0. The van der Waals surface area contributed by atoms with Gasteiger partial charge in [-0.25, -0.2) is 4.79 Å². The molecule has 0 saturated carbocycles. The number of nitriles is 1. The van der Waals surface area contributed by atoms with E-state index in [9.17, 15) is 9.59 Å². The van der Waals surface area contributed by atoms with E-state index in [2.05, 4.69) is 10.1 Å². The molecule has 0 aliphatic rings. The highest BCUT2D eigenvalue weighted by Crippen LogP contribution is 2.19. The SMILES string of the molecule is N#Cc1cc(Cl)ccc1NC(=O)COCC(=O)O. The van der Waals surface area contributed by atoms with Gasteiger partial charge < -0.3 is 15.2 Å². The third kappa shape index (κ3) is 4.41. The number of aliphatic carboxylic acids is 1. The van der Waals surface area contributed by atoms with Crippen molar-refractivity contribution < 1.29 is 19.4 Å². The van der Waals surface area contributed by atoms with Crippen molar-refractivity contribution in [1.29, 1.82) is 5.26 Å². The number of rotatable bonds is 5. The minimum absolute atomic E-state index is 0.217. The highest BCUT2D eigenvalue weighted by atomic mass is 35.5. The fourth-order valence-corrected chi connectivity index (χ4v) is 1.31. The van der Waals surface area contributed by atoms with E-state index in [4.69, 9.17) is 22.0 Å². The number of amides is 1. The second-order valence-corrected chi connectivity index (χ2v) is 3.67. The lowest BCUT2D eigenvalue weighted by atomic mass is 10.2. The number of carboxylic acid groups (broad SMARTS) is 1. The molecule has 1 aromatic rings. The minimum atomic E-state index is -1.16. The van der Waals surface area contributed by atoms with Crippen LogP contribution in [0.2, 0.25) is 5.02 Å². The third-order valence-electron chi connectivity index (χ3n) is 1.83. The molecule has 1 aromatic carbocycles. The molecule has 0 spiro atoms. The molecule has 0 aliphatic carbocycles. The topological polar surface area (TPSA) is 99.4 Å². The Morgan fingerprint density at radius 1 is 1.44 bits per heavy atom. The van der Waals surface area contributed by atoms with Crippen LogP contribution < -0.4 is 5.32 Å². The molecule has 6 nitrogen and oxygen atoms in total. The van der Waals surface area contributed by atoms with Gasteiger partial charge in [0.25, 0.3) is 0 Å². The molecular formula is C11H9ClN2O4. The van der Waals surface area contributed by atoms with E-state index in [0.29, 0.717) is 10.7 Å². The Labute approximate surface area is 108 Å². The van der Waals surface area contributed by atoms with Gasteiger partial charge in [-0.1, -0.05) is 11.6 Å². The molecule has 0 atom stereocenters. The summed E-state index contributed by atoms with van der Waals surface area (Å²) in [5.41, 5.74) is 0.514. The van der Waals surface area contributed by atoms with Gasteiger partial charge in [-0.05, 0) is 18.2 Å². The Bertz CT molecular complexity index is 510. The first-order chi connectivity index (χ1) is 8.52. The van der Waals surface area contributed by atoms with Crippen LogP contribution in [0.5, 0.6) is 0 Å². The van der Waals surface area contributed by atoms with Crippen LogP contribution in [0.25, 0.3) is 0 Å². The molecule has 0 radical (unpaired) electrons. The monoisotopic (exact) mass is 268 g/mol. The van der Waals surface area contributed by atoms with Crippen molar-refractivity contribution in [3.05, 3.63) is 28.8 Å². The molecule has 0 aliphatic heterocycles. The van der Waals surface area contributed by atoms with E-state index < -0.39 is 25.1 Å². The van der Waals surface area contributed by atoms with Crippen molar-refractivity contribution in [3.8, 4) is 6.07 Å². The van der Waals surface area contributed by atoms with Crippen LogP contribution in [0.1, 0.15) is 5.56 Å². The number of nitrogens with zero attached hydrogens (tertiary/aromatic N) is 1. The number of benzene rings is 1. The van der Waals surface area contributed by atoms with Gasteiger partial charge in [0, 0.05) is 5.02 Å². The number of carbonyl (C=O) groups is 2. The first-order valence-electron chi connectivity index (χ1n) is 4.82. The van der Waals surface area contributed by atoms with Crippen LogP contribution in [-0.2, 0) is 14.3 Å². The smallest absolute Gasteiger partial charge is 0.329 e. The minimum Gasteiger partial charge on any atom is -0.480 e. The zero-order chi connectivity index (χ0) is 13.5. The summed E-state index contributed by atoms with van der Waals surface area (Å²) < 4.78 is 4.61. The van der Waals surface area contributed by atoms with E-state index in [1.807, 2.05) is 6.07 Å². The lowest BCUT2D eigenvalue weighted by molar-refractivity contribution is -0.143. The number of carboxylic acids is 1. The van der Waals surface area contributed by atoms with Crippen LogP contribution in [0.3, 0.4) is 0 Å². The van der Waals surface area contributed by atoms with Gasteiger partial charge in [-0.2, -0.15) is 5.26 Å². The molecule has 2 N–H and O–H groups in total. The summed E-state index contributed by atoms with van der Waals surface area (Å²) in [6.07, 6.45) is 0. The van der Waals surface area contributed by atoms with Crippen LogP contribution >= 0.6 is 11.6 Å². The van der Waals surface area contributed by atoms with Crippen molar-refractivity contribution in [2.45, 2.75) is 0 Å². The number of ether oxygens (including phenoxy) is 1. The maximum Gasteiger partial charge on any atom is 0.329 e. The third-order valence-corrected chi connectivity index (χ3v) is 2.07. The molecule has 7 heteroatoms. The highest BCUT2D eigenvalue weighted by Gasteiger charge is 2.08. The number of nitrogens with one attached hydrogen (secondary N) is 1. The normalized spacial score (nSPS) is 9.56. The predicted octanol–water partition coefficient (Wildman–Crippen LogP) is 1.25. The summed E-state index contributed by atoms with van der Waals surface area (Å²) in [6, 6.07) is 6.30. The number of hydrogen-bond donors (Lipinski definition) is 2. The maximum atomic E-state index is 11.4.